The van der Waals surface area contributed by atoms with Crippen LogP contribution in [0.15, 0.2) is 72.9 Å². The second-order valence-electron chi connectivity index (χ2n) is 12.6. The molecule has 0 heterocycles. The van der Waals surface area contributed by atoms with Crippen molar-refractivity contribution in [2.45, 2.75) is 148 Å². The smallest absolute Gasteiger partial charge is 0.462 e. The van der Waals surface area contributed by atoms with Crippen molar-refractivity contribution >= 4 is 19.8 Å². The zero-order valence-electron chi connectivity index (χ0n) is 32.1. The summed E-state index contributed by atoms with van der Waals surface area (Å²) in [7, 11) is -4.40. The quantitative estimate of drug-likeness (QED) is 0.0187. The van der Waals surface area contributed by atoms with Crippen LogP contribution in [-0.4, -0.2) is 60.5 Å². The van der Waals surface area contributed by atoms with Gasteiger partial charge in [-0.3, -0.25) is 18.6 Å². The van der Waals surface area contributed by atoms with Crippen molar-refractivity contribution in [1.82, 2.24) is 0 Å². The minimum absolute atomic E-state index is 0.0321. The van der Waals surface area contributed by atoms with E-state index in [9.17, 15) is 24.2 Å². The van der Waals surface area contributed by atoms with E-state index < -0.39 is 38.6 Å². The number of unbranched alkanes of at least 4 members (excludes halogenated alkanes) is 9. The van der Waals surface area contributed by atoms with Crippen LogP contribution in [0.25, 0.3) is 0 Å². The summed E-state index contributed by atoms with van der Waals surface area (Å²) in [5.41, 5.74) is 5.33. The average molecular weight is 752 g/mol. The van der Waals surface area contributed by atoms with Crippen LogP contribution in [0.4, 0.5) is 0 Å². The lowest BCUT2D eigenvalue weighted by atomic mass is 10.1. The molecule has 0 saturated heterocycles. The highest BCUT2D eigenvalue weighted by Crippen LogP contribution is 2.43. The molecule has 0 spiro atoms. The fraction of sp³-hybridized carbons (Fsp3) is 0.659. The fourth-order valence-electron chi connectivity index (χ4n) is 4.83. The van der Waals surface area contributed by atoms with E-state index in [-0.39, 0.29) is 32.6 Å². The Balaban J connectivity index is 4.34. The number of carbonyl (C=O) groups excluding carboxylic acids is 2. The molecule has 0 aromatic heterocycles. The molecule has 52 heavy (non-hydrogen) atoms. The number of ether oxygens (including phenoxy) is 2. The van der Waals surface area contributed by atoms with Crippen LogP contribution >= 0.6 is 7.82 Å². The molecule has 4 N–H and O–H groups in total. The van der Waals surface area contributed by atoms with Gasteiger partial charge in [0.2, 0.25) is 0 Å². The molecule has 3 atom stereocenters. The third-order valence-electron chi connectivity index (χ3n) is 7.69. The molecule has 0 aliphatic rings. The maximum absolute atomic E-state index is 12.5. The lowest BCUT2D eigenvalue weighted by Gasteiger charge is -2.19. The van der Waals surface area contributed by atoms with Crippen molar-refractivity contribution in [3.63, 3.8) is 0 Å². The van der Waals surface area contributed by atoms with Gasteiger partial charge in [0.15, 0.2) is 6.10 Å². The molecular formula is C41H70NO9P. The number of esters is 2. The number of phosphoric ester groups is 1. The first-order chi connectivity index (χ1) is 25.2. The number of aliphatic hydroxyl groups excluding tert-OH is 1. The van der Waals surface area contributed by atoms with Crippen molar-refractivity contribution < 1.29 is 42.7 Å². The first-order valence-corrected chi connectivity index (χ1v) is 21.0. The van der Waals surface area contributed by atoms with Crippen LogP contribution in [0.2, 0.25) is 0 Å². The summed E-state index contributed by atoms with van der Waals surface area (Å²) < 4.78 is 32.6. The number of allylic oxidation sites excluding steroid dienone is 11. The highest BCUT2D eigenvalue weighted by molar-refractivity contribution is 7.47. The van der Waals surface area contributed by atoms with Crippen molar-refractivity contribution in [3.8, 4) is 0 Å². The molecule has 0 bridgehead atoms. The van der Waals surface area contributed by atoms with Gasteiger partial charge in [0.25, 0.3) is 0 Å². The normalized spacial score (nSPS) is 14.8. The fourth-order valence-corrected chi connectivity index (χ4v) is 5.60. The third-order valence-corrected chi connectivity index (χ3v) is 8.68. The number of rotatable bonds is 35. The van der Waals surface area contributed by atoms with E-state index in [1.54, 1.807) is 6.08 Å². The predicted molar refractivity (Wildman–Crippen MR) is 212 cm³/mol. The van der Waals surface area contributed by atoms with Gasteiger partial charge in [-0.1, -0.05) is 132 Å². The molecule has 0 aromatic carbocycles. The van der Waals surface area contributed by atoms with Crippen molar-refractivity contribution in [1.29, 1.82) is 0 Å². The van der Waals surface area contributed by atoms with Crippen LogP contribution < -0.4 is 5.73 Å². The molecule has 10 nitrogen and oxygen atoms in total. The summed E-state index contributed by atoms with van der Waals surface area (Å²) in [5.74, 6) is -0.934. The van der Waals surface area contributed by atoms with E-state index in [1.807, 2.05) is 18.2 Å². The number of hydrogen-bond donors (Lipinski definition) is 3. The maximum Gasteiger partial charge on any atom is 0.472 e. The Hall–Kier alpha value is -2.59. The van der Waals surface area contributed by atoms with E-state index in [1.165, 1.54) is 0 Å². The first kappa shape index (κ1) is 49.4. The summed E-state index contributed by atoms with van der Waals surface area (Å²) in [6, 6.07) is 0. The summed E-state index contributed by atoms with van der Waals surface area (Å²) in [4.78, 5) is 34.8. The molecule has 0 fully saturated rings. The van der Waals surface area contributed by atoms with Gasteiger partial charge in [0.1, 0.15) is 6.61 Å². The first-order valence-electron chi connectivity index (χ1n) is 19.5. The Morgan fingerprint density at radius 3 is 1.88 bits per heavy atom. The second kappa shape index (κ2) is 36.8. The Morgan fingerprint density at radius 2 is 1.23 bits per heavy atom. The predicted octanol–water partition coefficient (Wildman–Crippen LogP) is 9.68. The molecule has 0 amide bonds. The van der Waals surface area contributed by atoms with Crippen LogP contribution in [-0.2, 0) is 32.7 Å². The molecule has 0 aliphatic carbocycles. The molecule has 11 heteroatoms. The monoisotopic (exact) mass is 751 g/mol. The summed E-state index contributed by atoms with van der Waals surface area (Å²) >= 11 is 0. The topological polar surface area (TPSA) is 155 Å². The summed E-state index contributed by atoms with van der Waals surface area (Å²) in [6.45, 7) is 3.32. The lowest BCUT2D eigenvalue weighted by molar-refractivity contribution is -0.161. The van der Waals surface area contributed by atoms with Gasteiger partial charge < -0.3 is 25.2 Å². The minimum Gasteiger partial charge on any atom is -0.462 e. The Kier molecular flexibility index (Phi) is 34.9. The van der Waals surface area contributed by atoms with Gasteiger partial charge in [0.05, 0.1) is 19.3 Å². The highest BCUT2D eigenvalue weighted by atomic mass is 31.2. The lowest BCUT2D eigenvalue weighted by Crippen LogP contribution is -2.29. The molecule has 0 aromatic rings. The zero-order valence-corrected chi connectivity index (χ0v) is 33.0. The molecule has 2 unspecified atom stereocenters. The largest absolute Gasteiger partial charge is 0.472 e. The van der Waals surface area contributed by atoms with Crippen LogP contribution in [0.3, 0.4) is 0 Å². The summed E-state index contributed by atoms with van der Waals surface area (Å²) in [6.07, 6.45) is 39.5. The van der Waals surface area contributed by atoms with Gasteiger partial charge in [-0.15, -0.1) is 0 Å². The maximum atomic E-state index is 12.5. The Labute approximate surface area is 314 Å². The van der Waals surface area contributed by atoms with E-state index in [0.29, 0.717) is 19.3 Å². The Bertz CT molecular complexity index is 1100. The molecule has 298 valence electrons. The van der Waals surface area contributed by atoms with E-state index >= 15 is 0 Å². The van der Waals surface area contributed by atoms with Crippen molar-refractivity contribution in [3.05, 3.63) is 72.9 Å². The van der Waals surface area contributed by atoms with Crippen molar-refractivity contribution in [2.75, 3.05) is 26.4 Å². The SMILES string of the molecule is CC/C=C\C/C=C\C/C=C\CCCCCCCC(=O)O[C@H](COC(=O)CCCCCCCC(O)/C=C/C=C/C/C=C/CC)COP(=O)(O)OCCN. The van der Waals surface area contributed by atoms with Crippen LogP contribution in [0, 0.1) is 0 Å². The highest BCUT2D eigenvalue weighted by Gasteiger charge is 2.26. The Morgan fingerprint density at radius 1 is 0.673 bits per heavy atom. The standard InChI is InChI=1S/C41H70NO9P/c1-3-5-7-9-11-12-13-14-15-16-17-18-20-24-29-33-41(45)51-39(37-50-52(46,47)49-35-34-42)36-48-40(44)32-28-25-21-23-27-31-38(43)30-26-22-19-10-8-6-4-2/h5-8,11-12,14-15,19,22,26,30,38-39,43H,3-4,9-10,13,16-18,20-21,23-25,27-29,31-37,42H2,1-2H3,(H,46,47)/b7-5-,8-6+,12-11-,15-14-,22-19+,30-26+/t38?,39-/m1/s1. The molecule has 0 radical (unpaired) electrons. The van der Waals surface area contributed by atoms with Gasteiger partial charge in [0, 0.05) is 19.4 Å². The number of aliphatic hydroxyl groups is 1. The van der Waals surface area contributed by atoms with E-state index in [0.717, 1.165) is 89.9 Å². The van der Waals surface area contributed by atoms with Crippen molar-refractivity contribution in [2.24, 2.45) is 5.73 Å². The molecule has 0 rings (SSSR count). The number of hydrogen-bond acceptors (Lipinski definition) is 9. The van der Waals surface area contributed by atoms with E-state index in [4.69, 9.17) is 24.3 Å². The molecule has 0 saturated carbocycles. The number of nitrogens with two attached hydrogens (primary N) is 1. The zero-order chi connectivity index (χ0) is 38.4. The average Bonchev–Trinajstić information content (AvgIpc) is 3.12. The van der Waals surface area contributed by atoms with Gasteiger partial charge in [-0.05, 0) is 64.2 Å². The van der Waals surface area contributed by atoms with Gasteiger partial charge >= 0.3 is 19.8 Å². The van der Waals surface area contributed by atoms with Crippen LogP contribution in [0.5, 0.6) is 0 Å². The summed E-state index contributed by atoms with van der Waals surface area (Å²) in [5, 5.41) is 10.1. The second-order valence-corrected chi connectivity index (χ2v) is 14.0. The number of carbonyl (C=O) groups is 2. The van der Waals surface area contributed by atoms with E-state index in [2.05, 4.69) is 62.5 Å². The van der Waals surface area contributed by atoms with Gasteiger partial charge in [-0.25, -0.2) is 4.57 Å². The number of phosphoric acid groups is 1. The third kappa shape index (κ3) is 35.8. The molecule has 0 aliphatic heterocycles. The molecular weight excluding hydrogens is 681 g/mol. The minimum atomic E-state index is -4.40. The van der Waals surface area contributed by atoms with Gasteiger partial charge in [-0.2, -0.15) is 0 Å². The van der Waals surface area contributed by atoms with Crippen LogP contribution in [0.1, 0.15) is 136 Å².